The summed E-state index contributed by atoms with van der Waals surface area (Å²) in [6, 6.07) is 9.52. The Kier molecular flexibility index (Phi) is 3.20. The summed E-state index contributed by atoms with van der Waals surface area (Å²) in [6.07, 6.45) is 1.50. The fourth-order valence-corrected chi connectivity index (χ4v) is 3.54. The molecule has 0 unspecified atom stereocenters. The predicted molar refractivity (Wildman–Crippen MR) is 89.6 cm³/mol. The molecule has 1 amide bonds. The standard InChI is InChI=1S/C17H15N3O2S/c1-9-4-3-5-11-14(9)19-15(20-16(11)21)13-8-18-17(23-13)12-7-6-10(2)22-12/h3-8,15,19H,1-2H3,(H,20,21)/t15-/m0/s1. The van der Waals surface area contributed by atoms with Crippen molar-refractivity contribution in [2.45, 2.75) is 20.0 Å². The monoisotopic (exact) mass is 325 g/mol. The van der Waals surface area contributed by atoms with E-state index < -0.39 is 0 Å². The van der Waals surface area contributed by atoms with Gasteiger partial charge in [-0.25, -0.2) is 4.98 Å². The van der Waals surface area contributed by atoms with Gasteiger partial charge in [0.2, 0.25) is 0 Å². The van der Waals surface area contributed by atoms with Crippen molar-refractivity contribution in [3.63, 3.8) is 0 Å². The van der Waals surface area contributed by atoms with Crippen LogP contribution in [0.2, 0.25) is 0 Å². The molecule has 1 atom stereocenters. The van der Waals surface area contributed by atoms with Crippen molar-refractivity contribution in [3.05, 3.63) is 58.3 Å². The van der Waals surface area contributed by atoms with Gasteiger partial charge in [0.15, 0.2) is 10.8 Å². The Hall–Kier alpha value is -2.60. The highest BCUT2D eigenvalue weighted by molar-refractivity contribution is 7.15. The van der Waals surface area contributed by atoms with Crippen LogP contribution in [0.4, 0.5) is 5.69 Å². The molecule has 6 heteroatoms. The van der Waals surface area contributed by atoms with Crippen LogP contribution in [0.1, 0.15) is 32.7 Å². The normalized spacial score (nSPS) is 16.6. The van der Waals surface area contributed by atoms with Gasteiger partial charge < -0.3 is 15.1 Å². The van der Waals surface area contributed by atoms with E-state index in [4.69, 9.17) is 4.42 Å². The maximum atomic E-state index is 12.3. The average molecular weight is 325 g/mol. The number of hydrogen-bond acceptors (Lipinski definition) is 5. The molecule has 0 fully saturated rings. The summed E-state index contributed by atoms with van der Waals surface area (Å²) in [5.74, 6) is 1.53. The number of fused-ring (bicyclic) bond motifs is 1. The third-order valence-electron chi connectivity index (χ3n) is 3.84. The Morgan fingerprint density at radius 2 is 2.04 bits per heavy atom. The number of thiazole rings is 1. The second-order valence-corrected chi connectivity index (χ2v) is 6.59. The van der Waals surface area contributed by atoms with Gasteiger partial charge in [0.1, 0.15) is 11.9 Å². The first kappa shape index (κ1) is 14.0. The lowest BCUT2D eigenvalue weighted by molar-refractivity contribution is 0.0936. The van der Waals surface area contributed by atoms with Gasteiger partial charge in [-0.05, 0) is 37.6 Å². The molecule has 0 spiro atoms. The first-order valence-corrected chi connectivity index (χ1v) is 8.13. The van der Waals surface area contributed by atoms with Gasteiger partial charge in [0.25, 0.3) is 5.91 Å². The van der Waals surface area contributed by atoms with E-state index in [0.717, 1.165) is 32.7 Å². The fraction of sp³-hybridized carbons (Fsp3) is 0.176. The molecule has 0 saturated heterocycles. The molecule has 2 aromatic heterocycles. The molecule has 1 aliphatic heterocycles. The van der Waals surface area contributed by atoms with E-state index in [0.29, 0.717) is 5.56 Å². The highest BCUT2D eigenvalue weighted by Gasteiger charge is 2.27. The first-order chi connectivity index (χ1) is 11.1. The number of rotatable bonds is 2. The molecule has 23 heavy (non-hydrogen) atoms. The second kappa shape index (κ2) is 5.24. The summed E-state index contributed by atoms with van der Waals surface area (Å²) in [4.78, 5) is 17.7. The lowest BCUT2D eigenvalue weighted by atomic mass is 10.0. The summed E-state index contributed by atoms with van der Waals surface area (Å²) in [5, 5.41) is 7.17. The van der Waals surface area contributed by atoms with Gasteiger partial charge >= 0.3 is 0 Å². The smallest absolute Gasteiger partial charge is 0.255 e. The van der Waals surface area contributed by atoms with Crippen LogP contribution in [0.25, 0.3) is 10.8 Å². The zero-order chi connectivity index (χ0) is 16.0. The minimum Gasteiger partial charge on any atom is -0.459 e. The van der Waals surface area contributed by atoms with Crippen molar-refractivity contribution >= 4 is 22.9 Å². The Balaban J connectivity index is 1.66. The lowest BCUT2D eigenvalue weighted by Gasteiger charge is -2.28. The van der Waals surface area contributed by atoms with Gasteiger partial charge in [0.05, 0.1) is 16.1 Å². The number of nitrogens with one attached hydrogen (secondary N) is 2. The summed E-state index contributed by atoms with van der Waals surface area (Å²) in [7, 11) is 0. The molecule has 1 aliphatic rings. The SMILES string of the molecule is Cc1ccc(-c2ncc([C@@H]3NC(=O)c4cccc(C)c4N3)s2)o1. The van der Waals surface area contributed by atoms with Crippen LogP contribution in [0, 0.1) is 13.8 Å². The number of carbonyl (C=O) groups excluding carboxylic acids is 1. The van der Waals surface area contributed by atoms with Crippen molar-refractivity contribution in [3.8, 4) is 10.8 Å². The second-order valence-electron chi connectivity index (χ2n) is 5.53. The average Bonchev–Trinajstić information content (AvgIpc) is 3.17. The Labute approximate surface area is 137 Å². The van der Waals surface area contributed by atoms with Crippen LogP contribution in [0.5, 0.6) is 0 Å². The van der Waals surface area contributed by atoms with E-state index in [1.54, 1.807) is 6.20 Å². The number of aromatic nitrogens is 1. The molecule has 3 heterocycles. The number of amides is 1. The third kappa shape index (κ3) is 2.41. The molecule has 5 nitrogen and oxygen atoms in total. The zero-order valence-electron chi connectivity index (χ0n) is 12.7. The molecule has 0 bridgehead atoms. The minimum absolute atomic E-state index is 0.0729. The summed E-state index contributed by atoms with van der Waals surface area (Å²) >= 11 is 1.51. The van der Waals surface area contributed by atoms with E-state index in [2.05, 4.69) is 15.6 Å². The largest absolute Gasteiger partial charge is 0.459 e. The zero-order valence-corrected chi connectivity index (χ0v) is 13.5. The van der Waals surface area contributed by atoms with E-state index in [-0.39, 0.29) is 12.1 Å². The summed E-state index contributed by atoms with van der Waals surface area (Å²) < 4.78 is 5.61. The molecular weight excluding hydrogens is 310 g/mol. The molecule has 0 radical (unpaired) electrons. The molecule has 0 saturated carbocycles. The van der Waals surface area contributed by atoms with Gasteiger partial charge in [-0.2, -0.15) is 0 Å². The topological polar surface area (TPSA) is 67.2 Å². The van der Waals surface area contributed by atoms with Crippen LogP contribution in [0.15, 0.2) is 40.9 Å². The van der Waals surface area contributed by atoms with E-state index in [9.17, 15) is 4.79 Å². The van der Waals surface area contributed by atoms with Gasteiger partial charge in [-0.3, -0.25) is 4.79 Å². The van der Waals surface area contributed by atoms with Crippen molar-refractivity contribution in [1.82, 2.24) is 10.3 Å². The maximum absolute atomic E-state index is 12.3. The number of nitrogens with zero attached hydrogens (tertiary/aromatic N) is 1. The van der Waals surface area contributed by atoms with Crippen molar-refractivity contribution in [1.29, 1.82) is 0 Å². The number of para-hydroxylation sites is 1. The summed E-state index contributed by atoms with van der Waals surface area (Å²) in [5.41, 5.74) is 2.60. The number of carbonyl (C=O) groups is 1. The highest BCUT2D eigenvalue weighted by atomic mass is 32.1. The summed E-state index contributed by atoms with van der Waals surface area (Å²) in [6.45, 7) is 3.89. The number of anilines is 1. The molecule has 3 aromatic rings. The molecule has 4 rings (SSSR count). The Morgan fingerprint density at radius 3 is 2.83 bits per heavy atom. The first-order valence-electron chi connectivity index (χ1n) is 7.31. The number of aryl methyl sites for hydroxylation is 2. The molecule has 2 N–H and O–H groups in total. The van der Waals surface area contributed by atoms with Gasteiger partial charge in [0, 0.05) is 6.20 Å². The van der Waals surface area contributed by atoms with Crippen molar-refractivity contribution in [2.75, 3.05) is 5.32 Å². The van der Waals surface area contributed by atoms with Crippen LogP contribution >= 0.6 is 11.3 Å². The van der Waals surface area contributed by atoms with E-state index in [1.807, 2.05) is 44.2 Å². The number of furan rings is 1. The molecule has 1 aromatic carbocycles. The van der Waals surface area contributed by atoms with Crippen LogP contribution in [-0.4, -0.2) is 10.9 Å². The predicted octanol–water partition coefficient (Wildman–Crippen LogP) is 3.87. The fourth-order valence-electron chi connectivity index (χ4n) is 2.66. The van der Waals surface area contributed by atoms with Crippen molar-refractivity contribution in [2.24, 2.45) is 0 Å². The Morgan fingerprint density at radius 1 is 1.17 bits per heavy atom. The highest BCUT2D eigenvalue weighted by Crippen LogP contribution is 2.34. The van der Waals surface area contributed by atoms with Crippen LogP contribution in [-0.2, 0) is 0 Å². The number of benzene rings is 1. The van der Waals surface area contributed by atoms with Gasteiger partial charge in [-0.1, -0.05) is 12.1 Å². The molecule has 0 aliphatic carbocycles. The van der Waals surface area contributed by atoms with E-state index in [1.165, 1.54) is 11.3 Å². The molecule has 116 valence electrons. The van der Waals surface area contributed by atoms with Gasteiger partial charge in [-0.15, -0.1) is 11.3 Å². The quantitative estimate of drug-likeness (QED) is 0.750. The maximum Gasteiger partial charge on any atom is 0.255 e. The van der Waals surface area contributed by atoms with Crippen molar-refractivity contribution < 1.29 is 9.21 Å². The minimum atomic E-state index is -0.279. The third-order valence-corrected chi connectivity index (χ3v) is 4.92. The van der Waals surface area contributed by atoms with E-state index >= 15 is 0 Å². The van der Waals surface area contributed by atoms with Crippen LogP contribution in [0.3, 0.4) is 0 Å². The lowest BCUT2D eigenvalue weighted by Crippen LogP contribution is -2.38. The number of hydrogen-bond donors (Lipinski definition) is 2. The molecular formula is C17H15N3O2S. The Bertz CT molecular complexity index is 897. The van der Waals surface area contributed by atoms with Crippen LogP contribution < -0.4 is 10.6 Å².